The van der Waals surface area contributed by atoms with E-state index in [1.165, 1.54) is 6.08 Å². The molecule has 11 nitrogen and oxygen atoms in total. The fourth-order valence-electron chi connectivity index (χ4n) is 2.68. The lowest BCUT2D eigenvalue weighted by Gasteiger charge is -2.37. The van der Waals surface area contributed by atoms with Crippen molar-refractivity contribution in [1.29, 1.82) is 0 Å². The summed E-state index contributed by atoms with van der Waals surface area (Å²) >= 11 is 0. The molecule has 1 aliphatic rings. The normalized spacial score (nSPS) is 23.7. The third kappa shape index (κ3) is 7.33. The minimum Gasteiger partial charge on any atom is -0.480 e. The molecule has 0 saturated carbocycles. The molecule has 1 amide bonds. The van der Waals surface area contributed by atoms with Gasteiger partial charge in [0.1, 0.15) is 18.3 Å². The number of nitrogens with one attached hydrogen (secondary N) is 1. The van der Waals surface area contributed by atoms with Gasteiger partial charge >= 0.3 is 5.97 Å². The molecule has 1 aliphatic heterocycles. The molecule has 0 aromatic rings. The van der Waals surface area contributed by atoms with Crippen LogP contribution in [0.25, 0.3) is 0 Å². The van der Waals surface area contributed by atoms with Gasteiger partial charge in [-0.1, -0.05) is 13.8 Å². The molecule has 0 aromatic heterocycles. The molecule has 1 heterocycles. The van der Waals surface area contributed by atoms with E-state index in [9.17, 15) is 24.9 Å². The number of aliphatic hydroxyl groups is 2. The van der Waals surface area contributed by atoms with E-state index in [0.717, 1.165) is 6.42 Å². The second-order valence-corrected chi connectivity index (χ2v) is 6.55. The van der Waals surface area contributed by atoms with Crippen LogP contribution in [0.15, 0.2) is 16.8 Å². The summed E-state index contributed by atoms with van der Waals surface area (Å²) in [7, 11) is 0. The number of nitrogens with zero attached hydrogens (tertiary/aromatic N) is 1. The van der Waals surface area contributed by atoms with Crippen molar-refractivity contribution in [2.24, 2.45) is 22.4 Å². The number of ether oxygens (including phenoxy) is 2. The van der Waals surface area contributed by atoms with Gasteiger partial charge in [0.05, 0.1) is 12.6 Å². The second kappa shape index (κ2) is 11.5. The van der Waals surface area contributed by atoms with Gasteiger partial charge in [0.2, 0.25) is 11.7 Å². The van der Waals surface area contributed by atoms with E-state index in [1.54, 1.807) is 6.92 Å². The average Bonchev–Trinajstić information content (AvgIpc) is 2.63. The van der Waals surface area contributed by atoms with E-state index in [0.29, 0.717) is 6.61 Å². The zero-order chi connectivity index (χ0) is 21.3. The number of aliphatic hydroxyl groups excluding tert-OH is 2. The first kappa shape index (κ1) is 23.7. The maximum Gasteiger partial charge on any atom is 0.370 e. The van der Waals surface area contributed by atoms with Gasteiger partial charge in [-0.3, -0.25) is 4.79 Å². The molecular weight excluding hydrogens is 372 g/mol. The highest BCUT2D eigenvalue weighted by Gasteiger charge is 2.40. The molecule has 1 rings (SSSR count). The zero-order valence-electron chi connectivity index (χ0n) is 16.1. The van der Waals surface area contributed by atoms with Gasteiger partial charge in [0, 0.05) is 25.5 Å². The number of carboxylic acid groups (broad SMARTS) is 1. The second-order valence-electron chi connectivity index (χ2n) is 6.55. The van der Waals surface area contributed by atoms with E-state index in [4.69, 9.17) is 20.9 Å². The number of aliphatic imine (C=N–C) groups is 1. The summed E-state index contributed by atoms with van der Waals surface area (Å²) in [5, 5.41) is 32.3. The average molecular weight is 402 g/mol. The summed E-state index contributed by atoms with van der Waals surface area (Å²) in [5.41, 5.74) is 10.7. The number of rotatable bonds is 11. The quantitative estimate of drug-likeness (QED) is 0.133. The number of carboxylic acids is 1. The summed E-state index contributed by atoms with van der Waals surface area (Å²) in [4.78, 5) is 27.0. The zero-order valence-corrected chi connectivity index (χ0v) is 16.1. The lowest BCUT2D eigenvalue weighted by Crippen LogP contribution is -2.51. The molecule has 160 valence electrons. The van der Waals surface area contributed by atoms with Crippen molar-refractivity contribution in [1.82, 2.24) is 5.32 Å². The summed E-state index contributed by atoms with van der Waals surface area (Å²) in [5.74, 6) is -2.90. The van der Waals surface area contributed by atoms with Crippen LogP contribution in [0.1, 0.15) is 26.7 Å². The smallest absolute Gasteiger partial charge is 0.370 e. The Bertz CT molecular complexity index is 592. The van der Waals surface area contributed by atoms with Crippen LogP contribution in [0.2, 0.25) is 0 Å². The van der Waals surface area contributed by atoms with Gasteiger partial charge in [-0.25, -0.2) is 9.79 Å². The molecule has 0 aromatic carbocycles. The fourth-order valence-corrected chi connectivity index (χ4v) is 2.68. The summed E-state index contributed by atoms with van der Waals surface area (Å²) in [6, 6.07) is -0.748. The third-order valence-corrected chi connectivity index (χ3v) is 4.21. The van der Waals surface area contributed by atoms with E-state index in [2.05, 4.69) is 10.3 Å². The van der Waals surface area contributed by atoms with E-state index < -0.39 is 42.0 Å². The molecule has 0 radical (unpaired) electrons. The highest BCUT2D eigenvalue weighted by molar-refractivity contribution is 5.85. The third-order valence-electron chi connectivity index (χ3n) is 4.21. The molecule has 0 saturated heterocycles. The van der Waals surface area contributed by atoms with Gasteiger partial charge in [0.25, 0.3) is 0 Å². The van der Waals surface area contributed by atoms with E-state index in [1.807, 2.05) is 6.92 Å². The summed E-state index contributed by atoms with van der Waals surface area (Å²) in [6.45, 7) is 4.18. The van der Waals surface area contributed by atoms with Gasteiger partial charge in [0.15, 0.2) is 5.96 Å². The molecule has 0 aliphatic carbocycles. The lowest BCUT2D eigenvalue weighted by atomic mass is 9.87. The predicted molar refractivity (Wildman–Crippen MR) is 100 cm³/mol. The Balaban J connectivity index is 2.68. The molecule has 28 heavy (non-hydrogen) atoms. The van der Waals surface area contributed by atoms with Gasteiger partial charge in [-0.15, -0.1) is 0 Å². The number of guanidine groups is 1. The monoisotopic (exact) mass is 402 g/mol. The largest absolute Gasteiger partial charge is 0.480 e. The first-order chi connectivity index (χ1) is 13.2. The Labute approximate surface area is 163 Å². The highest BCUT2D eigenvalue weighted by Crippen LogP contribution is 2.29. The number of hydrogen-bond acceptors (Lipinski definition) is 7. The standard InChI is InChI=1S/C17H30N4O7/c1-3-5-27-6-4-13(23)20-8-11(22)14(24)15-9(2)10(21-17(18)19)7-12(28-15)16(25)26/h7,9-11,14-15,22,24H,3-6,8H2,1-2H3,(H,20,23)(H,25,26)(H4,18,19,21)/t9-,10+,11-,14-,15-/m1/s1. The number of aliphatic carboxylic acids is 1. The van der Waals surface area contributed by atoms with Crippen molar-refractivity contribution in [2.75, 3.05) is 19.8 Å². The van der Waals surface area contributed by atoms with Crippen molar-refractivity contribution in [3.05, 3.63) is 11.8 Å². The van der Waals surface area contributed by atoms with Crippen LogP contribution >= 0.6 is 0 Å². The first-order valence-electron chi connectivity index (χ1n) is 9.08. The maximum absolute atomic E-state index is 11.7. The number of nitrogens with two attached hydrogens (primary N) is 2. The van der Waals surface area contributed by atoms with Gasteiger partial charge in [-0.05, 0) is 12.5 Å². The Hall–Kier alpha value is -2.37. The maximum atomic E-state index is 11.7. The molecule has 0 spiro atoms. The van der Waals surface area contributed by atoms with Crippen molar-refractivity contribution in [2.45, 2.75) is 51.0 Å². The van der Waals surface area contributed by atoms with Crippen LogP contribution in [0, 0.1) is 5.92 Å². The number of carbonyl (C=O) groups is 2. The predicted octanol–water partition coefficient (Wildman–Crippen LogP) is -1.71. The van der Waals surface area contributed by atoms with Crippen molar-refractivity contribution in [3.8, 4) is 0 Å². The molecule has 5 atom stereocenters. The molecule has 11 heteroatoms. The Morgan fingerprint density at radius 1 is 1.36 bits per heavy atom. The van der Waals surface area contributed by atoms with E-state index in [-0.39, 0.29) is 31.4 Å². The van der Waals surface area contributed by atoms with Crippen LogP contribution in [-0.2, 0) is 19.1 Å². The number of amides is 1. The number of carbonyl (C=O) groups excluding carboxylic acids is 1. The fraction of sp³-hybridized carbons (Fsp3) is 0.706. The SMILES string of the molecule is CCCOCCC(=O)NC[C@@H](O)[C@@H](O)[C@@H]1OC(C(=O)O)=C[C@H](N=C(N)N)[C@H]1C. The van der Waals surface area contributed by atoms with Crippen molar-refractivity contribution >= 4 is 17.8 Å². The Kier molecular flexibility index (Phi) is 9.69. The van der Waals surface area contributed by atoms with Crippen LogP contribution in [0.4, 0.5) is 0 Å². The minimum absolute atomic E-state index is 0.123. The topological polar surface area (TPSA) is 190 Å². The molecule has 8 N–H and O–H groups in total. The molecule has 0 bridgehead atoms. The molecule has 0 fully saturated rings. The summed E-state index contributed by atoms with van der Waals surface area (Å²) in [6.07, 6.45) is -1.76. The minimum atomic E-state index is -1.48. The Morgan fingerprint density at radius 3 is 2.61 bits per heavy atom. The van der Waals surface area contributed by atoms with Gasteiger partial charge < -0.3 is 41.6 Å². The lowest BCUT2D eigenvalue weighted by molar-refractivity contribution is -0.145. The van der Waals surface area contributed by atoms with Gasteiger partial charge in [-0.2, -0.15) is 0 Å². The van der Waals surface area contributed by atoms with Crippen molar-refractivity contribution < 1.29 is 34.4 Å². The molecule has 0 unspecified atom stereocenters. The van der Waals surface area contributed by atoms with Crippen LogP contribution < -0.4 is 16.8 Å². The molecular formula is C17H30N4O7. The van der Waals surface area contributed by atoms with E-state index >= 15 is 0 Å². The highest BCUT2D eigenvalue weighted by atomic mass is 16.5. The Morgan fingerprint density at radius 2 is 2.04 bits per heavy atom. The number of hydrogen-bond donors (Lipinski definition) is 6. The van der Waals surface area contributed by atoms with Crippen LogP contribution in [0.5, 0.6) is 0 Å². The van der Waals surface area contributed by atoms with Crippen LogP contribution in [0.3, 0.4) is 0 Å². The van der Waals surface area contributed by atoms with Crippen LogP contribution in [-0.4, -0.2) is 77.3 Å². The first-order valence-corrected chi connectivity index (χ1v) is 9.08. The van der Waals surface area contributed by atoms with Crippen molar-refractivity contribution in [3.63, 3.8) is 0 Å². The summed E-state index contributed by atoms with van der Waals surface area (Å²) < 4.78 is 10.5.